The molecule has 1 aromatic heterocycles. The predicted molar refractivity (Wildman–Crippen MR) is 61.3 cm³/mol. The van der Waals surface area contributed by atoms with E-state index in [1.54, 1.807) is 24.3 Å². The first-order chi connectivity index (χ1) is 7.72. The number of ether oxygens (including phenoxy) is 1. The van der Waals surface area contributed by atoms with Crippen molar-refractivity contribution < 1.29 is 9.84 Å². The number of aromatic nitrogens is 2. The number of nitrogen functional groups attached to an aromatic ring is 1. The number of aromatic hydroxyl groups is 1. The van der Waals surface area contributed by atoms with Crippen LogP contribution in [0.4, 0.5) is 5.82 Å². The Morgan fingerprint density at radius 2 is 2.31 bits per heavy atom. The summed E-state index contributed by atoms with van der Waals surface area (Å²) < 4.78 is 5.43. The number of anilines is 1. The van der Waals surface area contributed by atoms with Gasteiger partial charge in [-0.2, -0.15) is 5.10 Å². The number of benzene rings is 1. The molecule has 5 nitrogen and oxygen atoms in total. The van der Waals surface area contributed by atoms with E-state index in [9.17, 15) is 5.11 Å². The smallest absolute Gasteiger partial charge is 0.145 e. The fourth-order valence-electron chi connectivity index (χ4n) is 1.53. The Balaban J connectivity index is 2.53. The first-order valence-corrected chi connectivity index (χ1v) is 4.98. The number of aromatic amines is 1. The van der Waals surface area contributed by atoms with E-state index in [-0.39, 0.29) is 5.75 Å². The second-order valence-electron chi connectivity index (χ2n) is 3.29. The van der Waals surface area contributed by atoms with Gasteiger partial charge in [0, 0.05) is 6.07 Å². The van der Waals surface area contributed by atoms with E-state index >= 15 is 0 Å². The number of nitrogens with one attached hydrogen (secondary N) is 1. The summed E-state index contributed by atoms with van der Waals surface area (Å²) in [7, 11) is 0. The SMILES string of the molecule is CCOc1cccc(O)c1-c1cc(N)n[nH]1. The quantitative estimate of drug-likeness (QED) is 0.734. The molecule has 0 bridgehead atoms. The average molecular weight is 219 g/mol. The molecular weight excluding hydrogens is 206 g/mol. The predicted octanol–water partition coefficient (Wildman–Crippen LogP) is 1.76. The van der Waals surface area contributed by atoms with Gasteiger partial charge in [0.25, 0.3) is 0 Å². The molecule has 16 heavy (non-hydrogen) atoms. The van der Waals surface area contributed by atoms with Gasteiger partial charge in [-0.1, -0.05) is 6.07 Å². The van der Waals surface area contributed by atoms with Crippen molar-refractivity contribution in [2.24, 2.45) is 0 Å². The minimum absolute atomic E-state index is 0.134. The van der Waals surface area contributed by atoms with E-state index < -0.39 is 0 Å². The zero-order valence-electron chi connectivity index (χ0n) is 8.90. The second kappa shape index (κ2) is 4.14. The molecule has 0 fully saturated rings. The maximum atomic E-state index is 9.81. The van der Waals surface area contributed by atoms with Crippen molar-refractivity contribution >= 4 is 5.82 Å². The van der Waals surface area contributed by atoms with Crippen molar-refractivity contribution in [3.8, 4) is 22.8 Å². The zero-order valence-corrected chi connectivity index (χ0v) is 8.90. The van der Waals surface area contributed by atoms with Crippen molar-refractivity contribution in [1.29, 1.82) is 0 Å². The summed E-state index contributed by atoms with van der Waals surface area (Å²) in [4.78, 5) is 0. The van der Waals surface area contributed by atoms with Gasteiger partial charge in [-0.05, 0) is 19.1 Å². The monoisotopic (exact) mass is 219 g/mol. The molecule has 2 aromatic rings. The minimum Gasteiger partial charge on any atom is -0.507 e. The highest BCUT2D eigenvalue weighted by atomic mass is 16.5. The van der Waals surface area contributed by atoms with Crippen molar-refractivity contribution in [3.63, 3.8) is 0 Å². The second-order valence-corrected chi connectivity index (χ2v) is 3.29. The third kappa shape index (κ3) is 1.79. The van der Waals surface area contributed by atoms with Crippen molar-refractivity contribution in [1.82, 2.24) is 10.2 Å². The fraction of sp³-hybridized carbons (Fsp3) is 0.182. The number of nitrogens with zero attached hydrogens (tertiary/aromatic N) is 1. The van der Waals surface area contributed by atoms with Crippen LogP contribution in [0.5, 0.6) is 11.5 Å². The topological polar surface area (TPSA) is 84.2 Å². The van der Waals surface area contributed by atoms with E-state index in [0.29, 0.717) is 29.4 Å². The maximum absolute atomic E-state index is 9.81. The number of phenolic OH excluding ortho intramolecular Hbond substituents is 1. The first-order valence-electron chi connectivity index (χ1n) is 4.98. The van der Waals surface area contributed by atoms with Gasteiger partial charge in [-0.15, -0.1) is 0 Å². The number of hydrogen-bond donors (Lipinski definition) is 3. The molecule has 1 heterocycles. The Morgan fingerprint density at radius 3 is 2.94 bits per heavy atom. The molecule has 0 amide bonds. The summed E-state index contributed by atoms with van der Waals surface area (Å²) in [5.41, 5.74) is 6.74. The molecule has 0 spiro atoms. The largest absolute Gasteiger partial charge is 0.507 e. The van der Waals surface area contributed by atoms with Gasteiger partial charge in [0.15, 0.2) is 0 Å². The molecule has 5 heteroatoms. The molecule has 84 valence electrons. The van der Waals surface area contributed by atoms with Gasteiger partial charge >= 0.3 is 0 Å². The lowest BCUT2D eigenvalue weighted by molar-refractivity contribution is 0.339. The number of rotatable bonds is 3. The van der Waals surface area contributed by atoms with E-state index in [1.165, 1.54) is 0 Å². The Hall–Kier alpha value is -2.17. The van der Waals surface area contributed by atoms with Crippen LogP contribution < -0.4 is 10.5 Å². The Kier molecular flexibility index (Phi) is 2.68. The summed E-state index contributed by atoms with van der Waals surface area (Å²) in [5, 5.41) is 16.4. The first kappa shape index (κ1) is 10.4. The lowest BCUT2D eigenvalue weighted by Crippen LogP contribution is -1.94. The van der Waals surface area contributed by atoms with Crippen LogP contribution >= 0.6 is 0 Å². The molecule has 2 rings (SSSR count). The molecule has 0 saturated carbocycles. The standard InChI is InChI=1S/C11H13N3O2/c1-2-16-9-5-3-4-8(15)11(9)7-6-10(12)14-13-7/h3-6,15H,2H2,1H3,(H3,12,13,14). The molecule has 4 N–H and O–H groups in total. The molecule has 0 atom stereocenters. The van der Waals surface area contributed by atoms with Gasteiger partial charge < -0.3 is 15.6 Å². The van der Waals surface area contributed by atoms with Gasteiger partial charge in [0.1, 0.15) is 17.3 Å². The van der Waals surface area contributed by atoms with Crippen LogP contribution in [0, 0.1) is 0 Å². The normalized spacial score (nSPS) is 10.3. The molecule has 0 aliphatic carbocycles. The third-order valence-corrected chi connectivity index (χ3v) is 2.17. The van der Waals surface area contributed by atoms with Gasteiger partial charge in [0.05, 0.1) is 17.9 Å². The Morgan fingerprint density at radius 1 is 1.50 bits per heavy atom. The van der Waals surface area contributed by atoms with Crippen LogP contribution in [-0.2, 0) is 0 Å². The van der Waals surface area contributed by atoms with Gasteiger partial charge in [-0.25, -0.2) is 0 Å². The summed E-state index contributed by atoms with van der Waals surface area (Å²) in [6.45, 7) is 2.41. The molecule has 0 aliphatic rings. The summed E-state index contributed by atoms with van der Waals surface area (Å²) in [6.07, 6.45) is 0. The van der Waals surface area contributed by atoms with E-state index in [0.717, 1.165) is 0 Å². The van der Waals surface area contributed by atoms with Crippen LogP contribution in [0.1, 0.15) is 6.92 Å². The zero-order chi connectivity index (χ0) is 11.5. The maximum Gasteiger partial charge on any atom is 0.145 e. The number of hydrogen-bond acceptors (Lipinski definition) is 4. The summed E-state index contributed by atoms with van der Waals surface area (Å²) in [6, 6.07) is 6.76. The molecule has 0 radical (unpaired) electrons. The van der Waals surface area contributed by atoms with Crippen molar-refractivity contribution in [2.75, 3.05) is 12.3 Å². The van der Waals surface area contributed by atoms with Crippen LogP contribution in [0.2, 0.25) is 0 Å². The Bertz CT molecular complexity index is 494. The average Bonchev–Trinajstić information content (AvgIpc) is 2.65. The minimum atomic E-state index is 0.134. The van der Waals surface area contributed by atoms with Gasteiger partial charge in [-0.3, -0.25) is 5.10 Å². The summed E-state index contributed by atoms with van der Waals surface area (Å²) in [5.74, 6) is 1.11. The van der Waals surface area contributed by atoms with Crippen LogP contribution in [0.25, 0.3) is 11.3 Å². The molecule has 1 aromatic carbocycles. The number of phenols is 1. The number of nitrogens with two attached hydrogens (primary N) is 1. The molecular formula is C11H13N3O2. The molecule has 0 unspecified atom stereocenters. The lowest BCUT2D eigenvalue weighted by Gasteiger charge is -2.09. The number of H-pyrrole nitrogens is 1. The third-order valence-electron chi connectivity index (χ3n) is 2.17. The van der Waals surface area contributed by atoms with Crippen LogP contribution in [-0.4, -0.2) is 21.9 Å². The molecule has 0 aliphatic heterocycles. The Labute approximate surface area is 92.9 Å². The van der Waals surface area contributed by atoms with E-state index in [4.69, 9.17) is 10.5 Å². The molecule has 0 saturated heterocycles. The summed E-state index contributed by atoms with van der Waals surface area (Å²) >= 11 is 0. The highest BCUT2D eigenvalue weighted by Gasteiger charge is 2.13. The van der Waals surface area contributed by atoms with Crippen LogP contribution in [0.15, 0.2) is 24.3 Å². The lowest BCUT2D eigenvalue weighted by atomic mass is 10.1. The van der Waals surface area contributed by atoms with Crippen molar-refractivity contribution in [3.05, 3.63) is 24.3 Å². The van der Waals surface area contributed by atoms with Crippen LogP contribution in [0.3, 0.4) is 0 Å². The highest BCUT2D eigenvalue weighted by molar-refractivity contribution is 5.75. The fourth-order valence-corrected chi connectivity index (χ4v) is 1.53. The van der Waals surface area contributed by atoms with E-state index in [1.807, 2.05) is 6.92 Å². The highest BCUT2D eigenvalue weighted by Crippen LogP contribution is 2.36. The van der Waals surface area contributed by atoms with Crippen molar-refractivity contribution in [2.45, 2.75) is 6.92 Å². The van der Waals surface area contributed by atoms with Gasteiger partial charge in [0.2, 0.25) is 0 Å². The van der Waals surface area contributed by atoms with E-state index in [2.05, 4.69) is 10.2 Å².